The van der Waals surface area contributed by atoms with E-state index < -0.39 is 88.7 Å². The summed E-state index contributed by atoms with van der Waals surface area (Å²) in [6.45, 7) is 14.7. The number of thioether (sulfide) groups is 1. The summed E-state index contributed by atoms with van der Waals surface area (Å²) in [7, 11) is 0. The fourth-order valence-electron chi connectivity index (χ4n) is 9.00. The van der Waals surface area contributed by atoms with Crippen LogP contribution in [0.25, 0.3) is 11.2 Å². The lowest BCUT2D eigenvalue weighted by molar-refractivity contribution is -0.145. The maximum absolute atomic E-state index is 14.2. The van der Waals surface area contributed by atoms with Gasteiger partial charge in [0.15, 0.2) is 22.9 Å². The second-order valence-corrected chi connectivity index (χ2v) is 23.1. The highest BCUT2D eigenvalue weighted by molar-refractivity contribution is 8.00. The molecule has 1 aromatic carbocycles. The number of hydrogen-bond donors (Lipinski definition) is 12. The highest BCUT2D eigenvalue weighted by atomic mass is 32.2. The van der Waals surface area contributed by atoms with Crippen LogP contribution in [0, 0.1) is 11.8 Å². The van der Waals surface area contributed by atoms with Crippen molar-refractivity contribution in [3.05, 3.63) is 42.2 Å². The average Bonchev–Trinajstić information content (AvgIpc) is 2.14. The fourth-order valence-corrected chi connectivity index (χ4v) is 10.1. The monoisotopic (exact) mass is 1220 g/mol. The lowest BCUT2D eigenvalue weighted by Crippen LogP contribution is -2.60. The molecule has 9 atom stereocenters. The third kappa shape index (κ3) is 23.0. The standard InChI is InChI=1S/C57H92N18O10S/c1-8-34(5)36(7)67-51(80)39(19-13-14-24-58)70-54(83)46(35(6)9-2)71-53(82)41(21-22-43(60)76)69-52(81)40(20-15-25-63-56(61)62)68-50(79)38(59)31-86-42-29-44(77)74(55(42)84)27-23-45(78)85-28-16-26-64-57-72-48(65-30-37-17-11-10-12-18-37)47-49(73-57)75(32-66-47)33(3)4/h10-12,17-18,32-36,38-42,46H,8-9,13-16,19-31,58-59H2,1-7H3,(H2,60,76)(H,67,80)(H,68,79)(H,69,81)(H,70,83)(H,71,82)(H4,61,62,63)(H2,64,65,72,73)/t34?,35?,36-,38+,39+,40+,41+,42?,46+/m1/s1. The molecule has 1 aliphatic heterocycles. The number of aromatic nitrogens is 4. The van der Waals surface area contributed by atoms with Crippen LogP contribution in [0.15, 0.2) is 41.7 Å². The normalized spacial score (nSPS) is 16.0. The molecule has 3 heterocycles. The van der Waals surface area contributed by atoms with Crippen LogP contribution in [0.5, 0.6) is 0 Å². The smallest absolute Gasteiger partial charge is 0.307 e. The van der Waals surface area contributed by atoms with E-state index in [1.807, 2.05) is 76.4 Å². The number of imide groups is 1. The molecule has 29 heteroatoms. The molecule has 86 heavy (non-hydrogen) atoms. The van der Waals surface area contributed by atoms with Gasteiger partial charge in [0, 0.05) is 56.9 Å². The molecule has 0 radical (unpaired) electrons. The summed E-state index contributed by atoms with van der Waals surface area (Å²) >= 11 is 0.961. The number of anilines is 2. The van der Waals surface area contributed by atoms with Crippen molar-refractivity contribution in [3.8, 4) is 0 Å². The Morgan fingerprint density at radius 1 is 0.756 bits per heavy atom. The van der Waals surface area contributed by atoms with Gasteiger partial charge < -0.3 is 75.2 Å². The maximum atomic E-state index is 14.2. The Bertz CT molecular complexity index is 2770. The Balaban J connectivity index is 1.33. The molecule has 28 nitrogen and oxygen atoms in total. The number of amides is 8. The van der Waals surface area contributed by atoms with E-state index in [-0.39, 0.29) is 100 Å². The number of unbranched alkanes of at least 4 members (excludes halogenated alkanes) is 1. The number of carbonyl (C=O) groups is 9. The number of benzene rings is 1. The molecular formula is C57H92N18O10S. The van der Waals surface area contributed by atoms with E-state index in [1.54, 1.807) is 13.3 Å². The molecule has 0 spiro atoms. The van der Waals surface area contributed by atoms with Gasteiger partial charge in [-0.05, 0) is 89.7 Å². The number of primary amides is 1. The van der Waals surface area contributed by atoms with E-state index in [4.69, 9.17) is 38.4 Å². The zero-order valence-electron chi connectivity index (χ0n) is 50.7. The van der Waals surface area contributed by atoms with Crippen molar-refractivity contribution in [2.24, 2.45) is 45.5 Å². The van der Waals surface area contributed by atoms with Gasteiger partial charge in [0.1, 0.15) is 24.2 Å². The lowest BCUT2D eigenvalue weighted by atomic mass is 9.96. The highest BCUT2D eigenvalue weighted by Crippen LogP contribution is 2.27. The molecule has 1 saturated heterocycles. The molecule has 17 N–H and O–H groups in total. The number of fused-ring (bicyclic) bond motifs is 1. The van der Waals surface area contributed by atoms with Gasteiger partial charge in [-0.25, -0.2) is 4.98 Å². The molecular weight excluding hydrogens is 1130 g/mol. The second kappa shape index (κ2) is 36.4. The van der Waals surface area contributed by atoms with Gasteiger partial charge in [-0.3, -0.25) is 53.0 Å². The Hall–Kier alpha value is -7.66. The van der Waals surface area contributed by atoms with Crippen LogP contribution in [0.4, 0.5) is 11.8 Å². The number of nitrogens with zero attached hydrogens (tertiary/aromatic N) is 6. The summed E-state index contributed by atoms with van der Waals surface area (Å²) < 4.78 is 7.36. The Labute approximate surface area is 507 Å². The molecule has 2 aromatic heterocycles. The average molecular weight is 1220 g/mol. The van der Waals surface area contributed by atoms with E-state index in [2.05, 4.69) is 52.2 Å². The predicted octanol–water partition coefficient (Wildman–Crippen LogP) is 0.927. The van der Waals surface area contributed by atoms with Gasteiger partial charge in [0.05, 0.1) is 30.6 Å². The third-order valence-electron chi connectivity index (χ3n) is 14.8. The summed E-state index contributed by atoms with van der Waals surface area (Å²) in [6, 6.07) is 3.56. The molecule has 476 valence electrons. The first kappa shape index (κ1) is 70.8. The molecule has 8 amide bonds. The molecule has 1 aliphatic rings. The van der Waals surface area contributed by atoms with Crippen molar-refractivity contribution in [1.29, 1.82) is 0 Å². The van der Waals surface area contributed by atoms with E-state index in [0.29, 0.717) is 68.2 Å². The summed E-state index contributed by atoms with van der Waals surface area (Å²) in [4.78, 5) is 140. The third-order valence-corrected chi connectivity index (χ3v) is 16.2. The Morgan fingerprint density at radius 2 is 1.40 bits per heavy atom. The number of nitrogens with one attached hydrogen (secondary N) is 7. The van der Waals surface area contributed by atoms with E-state index in [9.17, 15) is 43.2 Å². The van der Waals surface area contributed by atoms with Crippen LogP contribution in [-0.4, -0.2) is 164 Å². The first-order valence-electron chi connectivity index (χ1n) is 29.7. The van der Waals surface area contributed by atoms with Crippen LogP contribution >= 0.6 is 11.8 Å². The quantitative estimate of drug-likeness (QED) is 0.0124. The molecule has 1 fully saturated rings. The van der Waals surface area contributed by atoms with Gasteiger partial charge in [-0.1, -0.05) is 70.9 Å². The minimum absolute atomic E-state index is 0.0409. The Kier molecular flexibility index (Phi) is 29.9. The van der Waals surface area contributed by atoms with Crippen LogP contribution < -0.4 is 65.9 Å². The van der Waals surface area contributed by atoms with Crippen LogP contribution in [0.1, 0.15) is 137 Å². The van der Waals surface area contributed by atoms with Crippen LogP contribution in [-0.2, 0) is 54.4 Å². The second-order valence-electron chi connectivity index (χ2n) is 21.9. The molecule has 0 saturated carbocycles. The van der Waals surface area contributed by atoms with Crippen molar-refractivity contribution in [2.45, 2.75) is 180 Å². The van der Waals surface area contributed by atoms with Gasteiger partial charge >= 0.3 is 5.97 Å². The molecule has 4 rings (SSSR count). The largest absolute Gasteiger partial charge is 0.466 e. The molecule has 3 unspecified atom stereocenters. The summed E-state index contributed by atoms with van der Waals surface area (Å²) in [5.41, 5.74) is 30.9. The van der Waals surface area contributed by atoms with Gasteiger partial charge in [0.25, 0.3) is 0 Å². The molecule has 0 bridgehead atoms. The number of guanidine groups is 1. The van der Waals surface area contributed by atoms with Crippen LogP contribution in [0.3, 0.4) is 0 Å². The number of esters is 1. The summed E-state index contributed by atoms with van der Waals surface area (Å²) in [5, 5.41) is 19.4. The van der Waals surface area contributed by atoms with E-state index in [1.165, 1.54) is 0 Å². The first-order chi connectivity index (χ1) is 41.0. The molecule has 3 aromatic rings. The number of aliphatic imine (C=N–C) groups is 1. The topological polar surface area (TPSA) is 436 Å². The van der Waals surface area contributed by atoms with Crippen LogP contribution in [0.2, 0.25) is 0 Å². The van der Waals surface area contributed by atoms with Crippen molar-refractivity contribution in [1.82, 2.24) is 51.0 Å². The van der Waals surface area contributed by atoms with Crippen molar-refractivity contribution < 1.29 is 47.9 Å². The maximum Gasteiger partial charge on any atom is 0.307 e. The fraction of sp³-hybridized carbons (Fsp3) is 0.632. The number of hydrogen-bond acceptors (Lipinski definition) is 19. The number of likely N-dealkylation sites (tertiary alicyclic amines) is 1. The first-order valence-corrected chi connectivity index (χ1v) is 30.7. The lowest BCUT2D eigenvalue weighted by Gasteiger charge is -2.30. The predicted molar refractivity (Wildman–Crippen MR) is 329 cm³/mol. The zero-order valence-corrected chi connectivity index (χ0v) is 51.5. The number of carbonyl (C=O) groups excluding carboxylic acids is 9. The van der Waals surface area contributed by atoms with Gasteiger partial charge in [-0.2, -0.15) is 9.97 Å². The van der Waals surface area contributed by atoms with Gasteiger partial charge in [-0.15, -0.1) is 11.8 Å². The number of nitrogens with two attached hydrogens (primary N) is 5. The SMILES string of the molecule is CCC(C)[C@H](NC(=O)[C@H](CCC(N)=O)NC(=O)[C@H](CCCN=C(N)N)NC(=O)[C@@H](N)CSC1CC(=O)N(CCC(=O)OCCCNc2nc(NCc3ccccc3)c3ncn(C(C)C)c3n2)C1=O)C(=O)N[C@@H](CCCCN)C(=O)N[C@H](C)C(C)CC. The zero-order chi connectivity index (χ0) is 63.5. The van der Waals surface area contributed by atoms with Crippen molar-refractivity contribution in [2.75, 3.05) is 49.2 Å². The minimum Gasteiger partial charge on any atom is -0.466 e. The summed E-state index contributed by atoms with van der Waals surface area (Å²) in [6.07, 6.45) is 3.83. The Morgan fingerprint density at radius 3 is 2.05 bits per heavy atom. The minimum atomic E-state index is -1.44. The van der Waals surface area contributed by atoms with Crippen molar-refractivity contribution >= 4 is 93.9 Å². The highest BCUT2D eigenvalue weighted by Gasteiger charge is 2.40. The summed E-state index contributed by atoms with van der Waals surface area (Å²) in [5.74, 6) is -5.74. The van der Waals surface area contributed by atoms with E-state index in [0.717, 1.165) is 28.6 Å². The number of imidazole rings is 1. The van der Waals surface area contributed by atoms with Gasteiger partial charge in [0.2, 0.25) is 53.2 Å². The number of ether oxygens (including phenoxy) is 1. The molecule has 0 aliphatic carbocycles. The number of rotatable bonds is 40. The van der Waals surface area contributed by atoms with E-state index >= 15 is 0 Å². The van der Waals surface area contributed by atoms with Crippen molar-refractivity contribution in [3.63, 3.8) is 0 Å².